The molecule has 1 heterocycles. The zero-order valence-corrected chi connectivity index (χ0v) is 13.0. The van der Waals surface area contributed by atoms with Gasteiger partial charge in [-0.2, -0.15) is 4.98 Å². The molecule has 0 unspecified atom stereocenters. The maximum atomic E-state index is 9.44. The highest BCUT2D eigenvalue weighted by atomic mass is 79.9. The van der Waals surface area contributed by atoms with Gasteiger partial charge in [-0.15, -0.1) is 0 Å². The van der Waals surface area contributed by atoms with Gasteiger partial charge >= 0.3 is 0 Å². The van der Waals surface area contributed by atoms with Crippen molar-refractivity contribution >= 4 is 33.4 Å². The molecular weight excluding hydrogens is 336 g/mol. The predicted octanol–water partition coefficient (Wildman–Crippen LogP) is 2.87. The minimum absolute atomic E-state index is 0.180. The Labute approximate surface area is 131 Å². The third kappa shape index (κ3) is 4.87. The average molecular weight is 353 g/mol. The van der Waals surface area contributed by atoms with E-state index in [4.69, 9.17) is 5.11 Å². The second-order valence-corrected chi connectivity index (χ2v) is 5.28. The minimum Gasteiger partial charge on any atom is -0.508 e. The molecule has 0 bridgehead atoms. The van der Waals surface area contributed by atoms with Crippen molar-refractivity contribution in [2.24, 2.45) is 0 Å². The number of nitrogens with one attached hydrogen (secondary N) is 2. The summed E-state index contributed by atoms with van der Waals surface area (Å²) in [5.41, 5.74) is 0.712. The number of aliphatic hydroxyl groups excluding tert-OH is 1. The summed E-state index contributed by atoms with van der Waals surface area (Å²) in [6.07, 6.45) is 3.28. The Morgan fingerprint density at radius 2 is 2.10 bits per heavy atom. The SMILES string of the molecule is OCCCCNc1nc(Nc2cccc(O)c2)ncc1Br. The van der Waals surface area contributed by atoms with Gasteiger partial charge in [0.05, 0.1) is 4.47 Å². The topological polar surface area (TPSA) is 90.3 Å². The van der Waals surface area contributed by atoms with Crippen LogP contribution < -0.4 is 10.6 Å². The molecule has 0 radical (unpaired) electrons. The van der Waals surface area contributed by atoms with Gasteiger partial charge in [0.15, 0.2) is 0 Å². The second-order valence-electron chi connectivity index (χ2n) is 4.42. The lowest BCUT2D eigenvalue weighted by atomic mass is 10.3. The van der Waals surface area contributed by atoms with Crippen LogP contribution >= 0.6 is 15.9 Å². The molecule has 1 aromatic heterocycles. The van der Waals surface area contributed by atoms with Gasteiger partial charge < -0.3 is 20.8 Å². The predicted molar refractivity (Wildman–Crippen MR) is 85.9 cm³/mol. The van der Waals surface area contributed by atoms with E-state index in [1.54, 1.807) is 24.4 Å². The highest BCUT2D eigenvalue weighted by molar-refractivity contribution is 9.10. The Morgan fingerprint density at radius 1 is 1.24 bits per heavy atom. The van der Waals surface area contributed by atoms with Crippen LogP contribution in [0.2, 0.25) is 0 Å². The Bertz CT molecular complexity index is 595. The third-order valence-corrected chi connectivity index (χ3v) is 3.30. The molecule has 6 nitrogen and oxygen atoms in total. The van der Waals surface area contributed by atoms with Crippen LogP contribution in [0.1, 0.15) is 12.8 Å². The highest BCUT2D eigenvalue weighted by Gasteiger charge is 2.05. The summed E-state index contributed by atoms with van der Waals surface area (Å²) >= 11 is 3.39. The number of hydrogen-bond acceptors (Lipinski definition) is 6. The van der Waals surface area contributed by atoms with E-state index < -0.39 is 0 Å². The first-order chi connectivity index (χ1) is 10.2. The molecule has 2 aromatic rings. The molecule has 0 aliphatic carbocycles. The molecule has 2 rings (SSSR count). The van der Waals surface area contributed by atoms with Crippen LogP contribution in [-0.2, 0) is 0 Å². The lowest BCUT2D eigenvalue weighted by Crippen LogP contribution is -2.07. The van der Waals surface area contributed by atoms with E-state index >= 15 is 0 Å². The van der Waals surface area contributed by atoms with Crippen molar-refractivity contribution in [3.63, 3.8) is 0 Å². The number of halogens is 1. The fourth-order valence-corrected chi connectivity index (χ4v) is 2.04. The first-order valence-electron chi connectivity index (χ1n) is 6.62. The van der Waals surface area contributed by atoms with Crippen LogP contribution in [-0.4, -0.2) is 33.3 Å². The summed E-state index contributed by atoms with van der Waals surface area (Å²) in [4.78, 5) is 8.55. The Morgan fingerprint density at radius 3 is 2.86 bits per heavy atom. The number of unbranched alkanes of at least 4 members (excludes halogenated alkanes) is 1. The van der Waals surface area contributed by atoms with E-state index in [2.05, 4.69) is 36.5 Å². The van der Waals surface area contributed by atoms with Gasteiger partial charge in [0.1, 0.15) is 11.6 Å². The second kappa shape index (κ2) is 7.80. The molecule has 0 amide bonds. The highest BCUT2D eigenvalue weighted by Crippen LogP contribution is 2.23. The zero-order valence-electron chi connectivity index (χ0n) is 11.4. The maximum absolute atomic E-state index is 9.44. The van der Waals surface area contributed by atoms with E-state index in [1.165, 1.54) is 0 Å². The number of rotatable bonds is 7. The fourth-order valence-electron chi connectivity index (χ4n) is 1.71. The molecule has 7 heteroatoms. The zero-order chi connectivity index (χ0) is 15.1. The molecule has 0 spiro atoms. The standard InChI is InChI=1S/C14H17BrN4O2/c15-12-9-17-14(18-10-4-3-5-11(21)8-10)19-13(12)16-6-1-2-7-20/h3-5,8-9,20-21H,1-2,6-7H2,(H2,16,17,18,19). The number of nitrogens with zero attached hydrogens (tertiary/aromatic N) is 2. The summed E-state index contributed by atoms with van der Waals surface area (Å²) in [6.45, 7) is 0.915. The molecule has 0 saturated heterocycles. The van der Waals surface area contributed by atoms with Gasteiger partial charge in [-0.3, -0.25) is 0 Å². The molecule has 0 aliphatic rings. The number of benzene rings is 1. The number of aromatic hydroxyl groups is 1. The van der Waals surface area contributed by atoms with Crippen LogP contribution in [0.3, 0.4) is 0 Å². The monoisotopic (exact) mass is 352 g/mol. The molecule has 1 aromatic carbocycles. The first-order valence-corrected chi connectivity index (χ1v) is 7.41. The van der Waals surface area contributed by atoms with E-state index in [9.17, 15) is 5.11 Å². The summed E-state index contributed by atoms with van der Waals surface area (Å²) in [5, 5.41) is 24.4. The van der Waals surface area contributed by atoms with Crippen molar-refractivity contribution in [2.45, 2.75) is 12.8 Å². The van der Waals surface area contributed by atoms with Crippen molar-refractivity contribution in [2.75, 3.05) is 23.8 Å². The largest absolute Gasteiger partial charge is 0.508 e. The number of aliphatic hydroxyl groups is 1. The van der Waals surface area contributed by atoms with E-state index in [0.29, 0.717) is 17.5 Å². The summed E-state index contributed by atoms with van der Waals surface area (Å²) in [5.74, 6) is 1.30. The molecule has 0 aliphatic heterocycles. The van der Waals surface area contributed by atoms with Gasteiger partial charge in [-0.05, 0) is 40.9 Å². The normalized spacial score (nSPS) is 10.4. The van der Waals surface area contributed by atoms with E-state index in [-0.39, 0.29) is 12.4 Å². The number of phenols is 1. The summed E-state index contributed by atoms with van der Waals surface area (Å²) in [6, 6.07) is 6.76. The van der Waals surface area contributed by atoms with Crippen molar-refractivity contribution in [1.82, 2.24) is 9.97 Å². The van der Waals surface area contributed by atoms with Gasteiger partial charge in [0, 0.05) is 31.1 Å². The van der Waals surface area contributed by atoms with Crippen LogP contribution in [0, 0.1) is 0 Å². The lowest BCUT2D eigenvalue weighted by Gasteiger charge is -2.10. The molecule has 112 valence electrons. The molecule has 0 saturated carbocycles. The van der Waals surface area contributed by atoms with Crippen molar-refractivity contribution < 1.29 is 10.2 Å². The van der Waals surface area contributed by atoms with Crippen molar-refractivity contribution in [3.05, 3.63) is 34.9 Å². The van der Waals surface area contributed by atoms with Crippen LogP contribution in [0.5, 0.6) is 5.75 Å². The van der Waals surface area contributed by atoms with Gasteiger partial charge in [-0.1, -0.05) is 6.07 Å². The van der Waals surface area contributed by atoms with Gasteiger partial charge in [0.2, 0.25) is 5.95 Å². The third-order valence-electron chi connectivity index (χ3n) is 2.72. The van der Waals surface area contributed by atoms with Crippen molar-refractivity contribution in [1.29, 1.82) is 0 Å². The number of anilines is 3. The van der Waals surface area contributed by atoms with Crippen LogP contribution in [0.15, 0.2) is 34.9 Å². The smallest absolute Gasteiger partial charge is 0.229 e. The quantitative estimate of drug-likeness (QED) is 0.573. The van der Waals surface area contributed by atoms with E-state index in [1.807, 2.05) is 6.07 Å². The number of hydrogen-bond donors (Lipinski definition) is 4. The first kappa shape index (κ1) is 15.5. The average Bonchev–Trinajstić information content (AvgIpc) is 2.47. The van der Waals surface area contributed by atoms with Gasteiger partial charge in [-0.25, -0.2) is 4.98 Å². The molecule has 0 fully saturated rings. The fraction of sp³-hybridized carbons (Fsp3) is 0.286. The molecule has 0 atom stereocenters. The van der Waals surface area contributed by atoms with Crippen LogP contribution in [0.4, 0.5) is 17.5 Å². The molecule has 21 heavy (non-hydrogen) atoms. The van der Waals surface area contributed by atoms with E-state index in [0.717, 1.165) is 23.9 Å². The minimum atomic E-state index is 0.180. The Hall–Kier alpha value is -1.86. The Balaban J connectivity index is 2.03. The van der Waals surface area contributed by atoms with Gasteiger partial charge in [0.25, 0.3) is 0 Å². The lowest BCUT2D eigenvalue weighted by molar-refractivity contribution is 0.286. The van der Waals surface area contributed by atoms with Crippen LogP contribution in [0.25, 0.3) is 0 Å². The molecular formula is C14H17BrN4O2. The number of aromatic nitrogens is 2. The molecule has 4 N–H and O–H groups in total. The summed E-state index contributed by atoms with van der Waals surface area (Å²) in [7, 11) is 0. The summed E-state index contributed by atoms with van der Waals surface area (Å²) < 4.78 is 0.771. The Kier molecular flexibility index (Phi) is 5.77. The maximum Gasteiger partial charge on any atom is 0.229 e. The number of phenolic OH excluding ortho intramolecular Hbond substituents is 1. The van der Waals surface area contributed by atoms with Crippen molar-refractivity contribution in [3.8, 4) is 5.75 Å².